The highest BCUT2D eigenvalue weighted by atomic mass is 31.2. The highest BCUT2D eigenvalue weighted by molar-refractivity contribution is 7.45. The molecule has 1 aliphatic carbocycles. The van der Waals surface area contributed by atoms with Gasteiger partial charge in [0, 0.05) is 40.5 Å². The molecule has 0 unspecified atom stereocenters. The fourth-order valence-electron chi connectivity index (χ4n) is 2.68. The maximum absolute atomic E-state index is 12.7. The van der Waals surface area contributed by atoms with Gasteiger partial charge < -0.3 is 19.6 Å². The van der Waals surface area contributed by atoms with Gasteiger partial charge in [-0.3, -0.25) is 9.59 Å². The fraction of sp³-hybridized carbons (Fsp3) is 0.263. The monoisotopic (exact) mass is 391 g/mol. The molecule has 3 N–H and O–H groups in total. The minimum atomic E-state index is -4.64. The largest absolute Gasteiger partial charge is 0.466 e. The lowest BCUT2D eigenvalue weighted by Gasteiger charge is -2.34. The molecular weight excluding hydrogens is 369 g/mol. The molecule has 0 atom stereocenters. The second kappa shape index (κ2) is 7.37. The molecule has 0 radical (unpaired) electrons. The zero-order valence-corrected chi connectivity index (χ0v) is 16.4. The Balaban J connectivity index is 0.000000465. The number of carbonyl (C=O) groups is 2. The number of rotatable bonds is 1. The standard InChI is InChI=1S/C19H19NO2.H3O4P/c1-19(2,3)20(4)12-9-10-15-16(11-12)18(22)14-8-6-5-7-13(14)17(15)21;1-5(2,3)4/h5-11H,1-4H3;(H3,1,2,3,4). The summed E-state index contributed by atoms with van der Waals surface area (Å²) in [5, 5.41) is 0. The van der Waals surface area contributed by atoms with E-state index in [2.05, 4.69) is 25.7 Å². The Morgan fingerprint density at radius 3 is 1.67 bits per heavy atom. The Labute approximate surface area is 157 Å². The molecule has 0 heterocycles. The smallest absolute Gasteiger partial charge is 0.370 e. The number of phosphoric acid groups is 1. The average molecular weight is 391 g/mol. The van der Waals surface area contributed by atoms with Crippen LogP contribution in [-0.4, -0.2) is 38.8 Å². The van der Waals surface area contributed by atoms with Crippen molar-refractivity contribution in [2.24, 2.45) is 0 Å². The van der Waals surface area contributed by atoms with E-state index in [1.807, 2.05) is 19.2 Å². The predicted molar refractivity (Wildman–Crippen MR) is 102 cm³/mol. The topological polar surface area (TPSA) is 115 Å². The van der Waals surface area contributed by atoms with Crippen LogP contribution in [0.25, 0.3) is 0 Å². The summed E-state index contributed by atoms with van der Waals surface area (Å²) >= 11 is 0. The number of ketones is 2. The van der Waals surface area contributed by atoms with Gasteiger partial charge in [-0.1, -0.05) is 24.3 Å². The molecule has 7 nitrogen and oxygen atoms in total. The van der Waals surface area contributed by atoms with E-state index >= 15 is 0 Å². The normalized spacial score (nSPS) is 13.3. The molecule has 0 aromatic heterocycles. The first-order chi connectivity index (χ1) is 12.3. The lowest BCUT2D eigenvalue weighted by Crippen LogP contribution is -2.38. The first kappa shape index (κ1) is 21.0. The number of fused-ring (bicyclic) bond motifs is 2. The van der Waals surface area contributed by atoms with Gasteiger partial charge in [0.15, 0.2) is 11.6 Å². The van der Waals surface area contributed by atoms with Crippen molar-refractivity contribution in [1.29, 1.82) is 0 Å². The van der Waals surface area contributed by atoms with Crippen molar-refractivity contribution in [2.45, 2.75) is 26.3 Å². The van der Waals surface area contributed by atoms with E-state index in [1.54, 1.807) is 30.3 Å². The summed E-state index contributed by atoms with van der Waals surface area (Å²) in [7, 11) is -2.65. The summed E-state index contributed by atoms with van der Waals surface area (Å²) in [4.78, 5) is 48.9. The maximum atomic E-state index is 12.7. The van der Waals surface area contributed by atoms with Crippen molar-refractivity contribution in [1.82, 2.24) is 0 Å². The van der Waals surface area contributed by atoms with Crippen LogP contribution in [0.1, 0.15) is 52.6 Å². The molecule has 0 spiro atoms. The van der Waals surface area contributed by atoms with Gasteiger partial charge in [0.1, 0.15) is 0 Å². The summed E-state index contributed by atoms with van der Waals surface area (Å²) in [6, 6.07) is 12.5. The van der Waals surface area contributed by atoms with Crippen LogP contribution < -0.4 is 4.90 Å². The van der Waals surface area contributed by atoms with E-state index in [4.69, 9.17) is 19.2 Å². The van der Waals surface area contributed by atoms with Crippen LogP contribution in [0.2, 0.25) is 0 Å². The summed E-state index contributed by atoms with van der Waals surface area (Å²) in [5.41, 5.74) is 2.86. The van der Waals surface area contributed by atoms with E-state index in [0.717, 1.165) is 5.69 Å². The molecule has 0 saturated heterocycles. The Morgan fingerprint density at radius 1 is 0.815 bits per heavy atom. The van der Waals surface area contributed by atoms with Gasteiger partial charge in [0.05, 0.1) is 0 Å². The molecule has 0 aliphatic heterocycles. The lowest BCUT2D eigenvalue weighted by molar-refractivity contribution is 0.0979. The molecule has 0 amide bonds. The number of carbonyl (C=O) groups excluding carboxylic acids is 2. The van der Waals surface area contributed by atoms with Crippen LogP contribution in [0.15, 0.2) is 42.5 Å². The molecular formula is C19H22NO6P. The second-order valence-electron chi connectivity index (χ2n) is 7.18. The maximum Gasteiger partial charge on any atom is 0.466 e. The fourth-order valence-corrected chi connectivity index (χ4v) is 2.68. The third-order valence-electron chi connectivity index (χ3n) is 4.30. The number of benzene rings is 2. The first-order valence-electron chi connectivity index (χ1n) is 8.15. The summed E-state index contributed by atoms with van der Waals surface area (Å²) in [5.74, 6) is -0.149. The minimum absolute atomic E-state index is 0.0616. The molecule has 0 bridgehead atoms. The third-order valence-corrected chi connectivity index (χ3v) is 4.30. The van der Waals surface area contributed by atoms with Crippen molar-refractivity contribution in [3.63, 3.8) is 0 Å². The van der Waals surface area contributed by atoms with Crippen molar-refractivity contribution >= 4 is 25.1 Å². The van der Waals surface area contributed by atoms with Crippen molar-refractivity contribution in [3.05, 3.63) is 64.7 Å². The number of anilines is 1. The van der Waals surface area contributed by atoms with E-state index in [0.29, 0.717) is 22.3 Å². The number of hydrogen-bond acceptors (Lipinski definition) is 4. The predicted octanol–water partition coefficient (Wildman–Crippen LogP) is 2.77. The van der Waals surface area contributed by atoms with Gasteiger partial charge in [-0.2, -0.15) is 0 Å². The van der Waals surface area contributed by atoms with Crippen LogP contribution in [0.3, 0.4) is 0 Å². The van der Waals surface area contributed by atoms with E-state index in [1.165, 1.54) is 0 Å². The first-order valence-corrected chi connectivity index (χ1v) is 9.72. The van der Waals surface area contributed by atoms with Crippen LogP contribution >= 0.6 is 7.82 Å². The highest BCUT2D eigenvalue weighted by Gasteiger charge is 2.30. The molecule has 3 rings (SSSR count). The SMILES string of the molecule is CN(c1ccc2c(c1)C(=O)c1ccccc1C2=O)C(C)(C)C.O=P(O)(O)O. The van der Waals surface area contributed by atoms with Gasteiger partial charge in [0.25, 0.3) is 0 Å². The van der Waals surface area contributed by atoms with Crippen LogP contribution in [0.5, 0.6) is 0 Å². The van der Waals surface area contributed by atoms with Gasteiger partial charge >= 0.3 is 7.82 Å². The molecule has 8 heteroatoms. The quantitative estimate of drug-likeness (QED) is 0.546. The Bertz CT molecular complexity index is 933. The van der Waals surface area contributed by atoms with E-state index in [9.17, 15) is 9.59 Å². The Hall–Kier alpha value is -2.31. The lowest BCUT2D eigenvalue weighted by atomic mass is 9.84. The molecule has 0 fully saturated rings. The second-order valence-corrected chi connectivity index (χ2v) is 8.20. The van der Waals surface area contributed by atoms with Crippen LogP contribution in [0.4, 0.5) is 5.69 Å². The van der Waals surface area contributed by atoms with Crippen molar-refractivity contribution in [2.75, 3.05) is 11.9 Å². The van der Waals surface area contributed by atoms with E-state index < -0.39 is 7.82 Å². The molecule has 2 aromatic rings. The average Bonchev–Trinajstić information content (AvgIpc) is 2.56. The summed E-state index contributed by atoms with van der Waals surface area (Å²) in [6.07, 6.45) is 0. The molecule has 27 heavy (non-hydrogen) atoms. The van der Waals surface area contributed by atoms with E-state index in [-0.39, 0.29) is 17.1 Å². The van der Waals surface area contributed by atoms with Crippen LogP contribution in [0, 0.1) is 0 Å². The van der Waals surface area contributed by atoms with Gasteiger partial charge in [-0.05, 0) is 39.0 Å². The van der Waals surface area contributed by atoms with Crippen molar-refractivity contribution in [3.8, 4) is 0 Å². The zero-order chi connectivity index (χ0) is 20.6. The number of hydrogen-bond donors (Lipinski definition) is 3. The summed E-state index contributed by atoms with van der Waals surface area (Å²) in [6.45, 7) is 6.32. The minimum Gasteiger partial charge on any atom is -0.370 e. The molecule has 0 saturated carbocycles. The van der Waals surface area contributed by atoms with Crippen LogP contribution in [-0.2, 0) is 4.57 Å². The van der Waals surface area contributed by atoms with Gasteiger partial charge in [0.2, 0.25) is 0 Å². The summed E-state index contributed by atoms with van der Waals surface area (Å²) < 4.78 is 8.88. The van der Waals surface area contributed by atoms with Gasteiger partial charge in [-0.15, -0.1) is 0 Å². The highest BCUT2D eigenvalue weighted by Crippen LogP contribution is 2.31. The van der Waals surface area contributed by atoms with Gasteiger partial charge in [-0.25, -0.2) is 4.57 Å². The van der Waals surface area contributed by atoms with Crippen molar-refractivity contribution < 1.29 is 28.8 Å². The number of nitrogens with zero attached hydrogens (tertiary/aromatic N) is 1. The molecule has 144 valence electrons. The molecule has 2 aromatic carbocycles. The third kappa shape index (κ3) is 4.90. The Morgan fingerprint density at radius 2 is 1.22 bits per heavy atom. The molecule has 1 aliphatic rings. The zero-order valence-electron chi connectivity index (χ0n) is 15.5. The Kier molecular flexibility index (Phi) is 5.73.